The van der Waals surface area contributed by atoms with E-state index in [1.54, 1.807) is 24.3 Å². The van der Waals surface area contributed by atoms with E-state index in [-0.39, 0.29) is 19.0 Å². The summed E-state index contributed by atoms with van der Waals surface area (Å²) in [4.78, 5) is 28.9. The fourth-order valence-electron chi connectivity index (χ4n) is 1.91. The Kier molecular flexibility index (Phi) is 4.50. The van der Waals surface area contributed by atoms with Crippen LogP contribution in [0.2, 0.25) is 0 Å². The maximum Gasteiger partial charge on any atom is 0.254 e. The summed E-state index contributed by atoms with van der Waals surface area (Å²) < 4.78 is 0. The van der Waals surface area contributed by atoms with Gasteiger partial charge in [0.15, 0.2) is 0 Å². The van der Waals surface area contributed by atoms with E-state index in [1.807, 2.05) is 12.1 Å². The summed E-state index contributed by atoms with van der Waals surface area (Å²) in [6, 6.07) is 10.3. The number of nitrogens with two attached hydrogens (primary N) is 2. The Hall–Kier alpha value is -2.89. The molecule has 1 heterocycles. The maximum absolute atomic E-state index is 12.4. The third kappa shape index (κ3) is 4.04. The topological polar surface area (TPSA) is 102 Å². The van der Waals surface area contributed by atoms with Crippen molar-refractivity contribution >= 4 is 17.5 Å². The lowest BCUT2D eigenvalue weighted by Crippen LogP contribution is -2.38. The molecule has 4 N–H and O–H groups in total. The highest BCUT2D eigenvalue weighted by atomic mass is 16.2. The lowest BCUT2D eigenvalue weighted by molar-refractivity contribution is -0.118. The molecule has 2 aromatic rings. The van der Waals surface area contributed by atoms with Crippen molar-refractivity contribution in [2.45, 2.75) is 6.54 Å². The summed E-state index contributed by atoms with van der Waals surface area (Å²) >= 11 is 0. The van der Waals surface area contributed by atoms with Crippen molar-refractivity contribution < 1.29 is 9.59 Å². The SMILES string of the molecule is NC(=O)CN(Cc1ccc(N)cc1)C(=O)c1ccncc1. The van der Waals surface area contributed by atoms with Gasteiger partial charge in [-0.3, -0.25) is 14.6 Å². The van der Waals surface area contributed by atoms with Crippen molar-refractivity contribution in [3.63, 3.8) is 0 Å². The average molecular weight is 284 g/mol. The van der Waals surface area contributed by atoms with Crippen LogP contribution in [0.25, 0.3) is 0 Å². The van der Waals surface area contributed by atoms with Gasteiger partial charge < -0.3 is 16.4 Å². The van der Waals surface area contributed by atoms with Gasteiger partial charge in [0.25, 0.3) is 5.91 Å². The Morgan fingerprint density at radius 3 is 2.24 bits per heavy atom. The second-order valence-electron chi connectivity index (χ2n) is 4.60. The normalized spacial score (nSPS) is 10.1. The Morgan fingerprint density at radius 2 is 1.67 bits per heavy atom. The first-order chi connectivity index (χ1) is 10.1. The third-order valence-electron chi connectivity index (χ3n) is 2.91. The van der Waals surface area contributed by atoms with Crippen LogP contribution in [0.4, 0.5) is 5.69 Å². The standard InChI is InChI=1S/C15H16N4O2/c16-13-3-1-11(2-4-13)9-19(10-14(17)20)15(21)12-5-7-18-8-6-12/h1-8H,9-10,16H2,(H2,17,20). The van der Waals surface area contributed by atoms with Crippen LogP contribution in [0.15, 0.2) is 48.8 Å². The number of hydrogen-bond donors (Lipinski definition) is 2. The van der Waals surface area contributed by atoms with Crippen molar-refractivity contribution in [3.8, 4) is 0 Å². The number of anilines is 1. The molecular formula is C15H16N4O2. The Bertz CT molecular complexity index is 626. The number of primary amides is 1. The van der Waals surface area contributed by atoms with Crippen LogP contribution in [-0.4, -0.2) is 28.2 Å². The van der Waals surface area contributed by atoms with Gasteiger partial charge in [0.1, 0.15) is 0 Å². The number of carbonyl (C=O) groups excluding carboxylic acids is 2. The first kappa shape index (κ1) is 14.5. The third-order valence-corrected chi connectivity index (χ3v) is 2.91. The molecule has 0 fully saturated rings. The highest BCUT2D eigenvalue weighted by Crippen LogP contribution is 2.11. The molecule has 0 aliphatic rings. The van der Waals surface area contributed by atoms with E-state index in [4.69, 9.17) is 11.5 Å². The van der Waals surface area contributed by atoms with E-state index in [0.29, 0.717) is 11.3 Å². The summed E-state index contributed by atoms with van der Waals surface area (Å²) in [7, 11) is 0. The smallest absolute Gasteiger partial charge is 0.254 e. The minimum Gasteiger partial charge on any atom is -0.399 e. The van der Waals surface area contributed by atoms with Crippen molar-refractivity contribution in [2.24, 2.45) is 5.73 Å². The van der Waals surface area contributed by atoms with E-state index in [1.165, 1.54) is 17.3 Å². The van der Waals surface area contributed by atoms with Gasteiger partial charge in [-0.05, 0) is 29.8 Å². The molecule has 0 saturated carbocycles. The molecule has 0 radical (unpaired) electrons. The predicted octanol–water partition coefficient (Wildman–Crippen LogP) is 0.791. The molecule has 0 bridgehead atoms. The number of hydrogen-bond acceptors (Lipinski definition) is 4. The molecule has 0 aliphatic carbocycles. The minimum absolute atomic E-state index is 0.147. The summed E-state index contributed by atoms with van der Waals surface area (Å²) in [5.41, 5.74) is 12.8. The molecule has 0 saturated heterocycles. The molecule has 2 amide bonds. The Balaban J connectivity index is 2.20. The molecule has 0 aliphatic heterocycles. The first-order valence-corrected chi connectivity index (χ1v) is 6.38. The molecule has 2 rings (SSSR count). The van der Waals surface area contributed by atoms with Gasteiger partial charge in [0, 0.05) is 30.2 Å². The van der Waals surface area contributed by atoms with Crippen LogP contribution in [-0.2, 0) is 11.3 Å². The van der Waals surface area contributed by atoms with E-state index >= 15 is 0 Å². The fraction of sp³-hybridized carbons (Fsp3) is 0.133. The van der Waals surface area contributed by atoms with Crippen molar-refractivity contribution in [1.29, 1.82) is 0 Å². The van der Waals surface area contributed by atoms with Gasteiger partial charge in [0.05, 0.1) is 6.54 Å². The van der Waals surface area contributed by atoms with Gasteiger partial charge in [-0.1, -0.05) is 12.1 Å². The Morgan fingerprint density at radius 1 is 1.05 bits per heavy atom. The number of rotatable bonds is 5. The predicted molar refractivity (Wildman–Crippen MR) is 79.0 cm³/mol. The highest BCUT2D eigenvalue weighted by Gasteiger charge is 2.18. The number of benzene rings is 1. The monoisotopic (exact) mass is 284 g/mol. The van der Waals surface area contributed by atoms with E-state index in [0.717, 1.165) is 5.56 Å². The minimum atomic E-state index is -0.562. The largest absolute Gasteiger partial charge is 0.399 e. The molecule has 6 nitrogen and oxygen atoms in total. The van der Waals surface area contributed by atoms with Crippen LogP contribution in [0.5, 0.6) is 0 Å². The van der Waals surface area contributed by atoms with Gasteiger partial charge in [0.2, 0.25) is 5.91 Å². The zero-order valence-corrected chi connectivity index (χ0v) is 11.4. The zero-order chi connectivity index (χ0) is 15.2. The van der Waals surface area contributed by atoms with Crippen LogP contribution < -0.4 is 11.5 Å². The molecule has 6 heteroatoms. The number of nitrogens with zero attached hydrogens (tertiary/aromatic N) is 2. The number of aromatic nitrogens is 1. The number of amides is 2. The lowest BCUT2D eigenvalue weighted by atomic mass is 10.1. The zero-order valence-electron chi connectivity index (χ0n) is 11.4. The molecular weight excluding hydrogens is 268 g/mol. The second kappa shape index (κ2) is 6.51. The highest BCUT2D eigenvalue weighted by molar-refractivity contribution is 5.96. The Labute approximate surface area is 122 Å². The molecule has 0 atom stereocenters. The van der Waals surface area contributed by atoms with Gasteiger partial charge in [-0.15, -0.1) is 0 Å². The quantitative estimate of drug-likeness (QED) is 0.792. The molecule has 0 spiro atoms. The summed E-state index contributed by atoms with van der Waals surface area (Å²) in [5, 5.41) is 0. The average Bonchev–Trinajstić information content (AvgIpc) is 2.48. The summed E-state index contributed by atoms with van der Waals surface area (Å²) in [6.45, 7) is 0.135. The van der Waals surface area contributed by atoms with Crippen molar-refractivity contribution in [3.05, 3.63) is 59.9 Å². The van der Waals surface area contributed by atoms with Crippen LogP contribution in [0.1, 0.15) is 15.9 Å². The van der Waals surface area contributed by atoms with E-state index in [2.05, 4.69) is 4.98 Å². The molecule has 21 heavy (non-hydrogen) atoms. The molecule has 1 aromatic carbocycles. The van der Waals surface area contributed by atoms with E-state index < -0.39 is 5.91 Å². The van der Waals surface area contributed by atoms with Crippen LogP contribution in [0.3, 0.4) is 0 Å². The van der Waals surface area contributed by atoms with E-state index in [9.17, 15) is 9.59 Å². The lowest BCUT2D eigenvalue weighted by Gasteiger charge is -2.21. The second-order valence-corrected chi connectivity index (χ2v) is 4.60. The maximum atomic E-state index is 12.4. The molecule has 0 unspecified atom stereocenters. The summed E-state index contributed by atoms with van der Waals surface area (Å²) in [5.74, 6) is -0.833. The number of nitrogen functional groups attached to an aromatic ring is 1. The molecule has 108 valence electrons. The number of pyridine rings is 1. The van der Waals surface area contributed by atoms with Gasteiger partial charge in [-0.2, -0.15) is 0 Å². The summed E-state index contributed by atoms with van der Waals surface area (Å²) in [6.07, 6.45) is 3.05. The van der Waals surface area contributed by atoms with Crippen molar-refractivity contribution in [1.82, 2.24) is 9.88 Å². The fourth-order valence-corrected chi connectivity index (χ4v) is 1.91. The van der Waals surface area contributed by atoms with Crippen LogP contribution >= 0.6 is 0 Å². The van der Waals surface area contributed by atoms with Crippen molar-refractivity contribution in [2.75, 3.05) is 12.3 Å². The molecule has 1 aromatic heterocycles. The number of carbonyl (C=O) groups is 2. The van der Waals surface area contributed by atoms with Crippen LogP contribution in [0, 0.1) is 0 Å². The first-order valence-electron chi connectivity index (χ1n) is 6.38. The van der Waals surface area contributed by atoms with Gasteiger partial charge in [-0.25, -0.2) is 0 Å². The van der Waals surface area contributed by atoms with Gasteiger partial charge >= 0.3 is 0 Å².